The van der Waals surface area contributed by atoms with Crippen molar-refractivity contribution >= 4 is 0 Å². The van der Waals surface area contributed by atoms with Crippen molar-refractivity contribution in [3.63, 3.8) is 0 Å². The van der Waals surface area contributed by atoms with Gasteiger partial charge in [0.2, 0.25) is 0 Å². The van der Waals surface area contributed by atoms with E-state index in [9.17, 15) is 0 Å². The van der Waals surface area contributed by atoms with Gasteiger partial charge in [0.1, 0.15) is 0 Å². The largest absolute Gasteiger partial charge is 0.396 e. The molecule has 0 aliphatic heterocycles. The number of aliphatic hydroxyl groups is 1. The lowest BCUT2D eigenvalue weighted by Crippen LogP contribution is -2.35. The molecule has 0 aromatic heterocycles. The highest BCUT2D eigenvalue weighted by atomic mass is 16.3. The van der Waals surface area contributed by atoms with Crippen molar-refractivity contribution in [2.45, 2.75) is 39.7 Å². The van der Waals surface area contributed by atoms with Gasteiger partial charge in [-0.25, -0.2) is 0 Å². The van der Waals surface area contributed by atoms with Crippen molar-refractivity contribution in [1.29, 1.82) is 0 Å². The number of rotatable bonds is 7. The van der Waals surface area contributed by atoms with Crippen molar-refractivity contribution < 1.29 is 5.11 Å². The van der Waals surface area contributed by atoms with Crippen molar-refractivity contribution in [3.05, 3.63) is 12.2 Å². The summed E-state index contributed by atoms with van der Waals surface area (Å²) in [6.07, 6.45) is 1.85. The van der Waals surface area contributed by atoms with E-state index in [4.69, 9.17) is 5.11 Å². The quantitative estimate of drug-likeness (QED) is 0.594. The zero-order chi connectivity index (χ0) is 10.3. The van der Waals surface area contributed by atoms with Crippen LogP contribution in [0.1, 0.15) is 33.6 Å². The van der Waals surface area contributed by atoms with E-state index >= 15 is 0 Å². The van der Waals surface area contributed by atoms with Gasteiger partial charge in [-0.15, -0.1) is 0 Å². The molecule has 0 spiro atoms. The van der Waals surface area contributed by atoms with Crippen LogP contribution in [0.2, 0.25) is 0 Å². The summed E-state index contributed by atoms with van der Waals surface area (Å²) in [5.41, 5.74) is 1.23. The maximum absolute atomic E-state index is 8.85. The molecule has 1 unspecified atom stereocenters. The van der Waals surface area contributed by atoms with E-state index in [-0.39, 0.29) is 6.61 Å². The Kier molecular flexibility index (Phi) is 6.92. The summed E-state index contributed by atoms with van der Waals surface area (Å²) >= 11 is 0. The summed E-state index contributed by atoms with van der Waals surface area (Å²) in [6, 6.07) is 0.410. The van der Waals surface area contributed by atoms with Gasteiger partial charge in [0.25, 0.3) is 0 Å². The van der Waals surface area contributed by atoms with Gasteiger partial charge in [-0.2, -0.15) is 0 Å². The molecule has 0 fully saturated rings. The van der Waals surface area contributed by atoms with Gasteiger partial charge in [0, 0.05) is 19.2 Å². The fourth-order valence-corrected chi connectivity index (χ4v) is 1.21. The minimum Gasteiger partial charge on any atom is -0.396 e. The van der Waals surface area contributed by atoms with Gasteiger partial charge in [0.15, 0.2) is 0 Å². The first kappa shape index (κ1) is 12.7. The van der Waals surface area contributed by atoms with Crippen LogP contribution in [0.3, 0.4) is 0 Å². The third-order valence-corrected chi connectivity index (χ3v) is 2.36. The molecule has 2 heteroatoms. The van der Waals surface area contributed by atoms with Crippen LogP contribution in [-0.2, 0) is 0 Å². The molecule has 0 aliphatic rings. The van der Waals surface area contributed by atoms with Gasteiger partial charge in [-0.05, 0) is 18.8 Å². The van der Waals surface area contributed by atoms with Crippen LogP contribution >= 0.6 is 0 Å². The summed E-state index contributed by atoms with van der Waals surface area (Å²) in [6.45, 7) is 11.5. The Bertz CT molecular complexity index is 143. The molecule has 0 amide bonds. The van der Waals surface area contributed by atoms with E-state index in [0.29, 0.717) is 12.0 Å². The molecular formula is C11H23NO. The highest BCUT2D eigenvalue weighted by Gasteiger charge is 2.11. The molecule has 0 bridgehead atoms. The van der Waals surface area contributed by atoms with E-state index in [1.165, 1.54) is 5.57 Å². The van der Waals surface area contributed by atoms with Crippen LogP contribution in [-0.4, -0.2) is 24.3 Å². The van der Waals surface area contributed by atoms with Crippen molar-refractivity contribution in [3.8, 4) is 0 Å². The van der Waals surface area contributed by atoms with Crippen LogP contribution in [0.15, 0.2) is 12.2 Å². The van der Waals surface area contributed by atoms with Gasteiger partial charge in [-0.3, -0.25) is 0 Å². The summed E-state index contributed by atoms with van der Waals surface area (Å²) in [4.78, 5) is 0. The van der Waals surface area contributed by atoms with Crippen molar-refractivity contribution in [2.75, 3.05) is 13.2 Å². The molecule has 2 N–H and O–H groups in total. The molecule has 0 saturated heterocycles. The molecular weight excluding hydrogens is 162 g/mol. The Morgan fingerprint density at radius 1 is 1.46 bits per heavy atom. The van der Waals surface area contributed by atoms with E-state index < -0.39 is 0 Å². The minimum atomic E-state index is 0.258. The molecule has 0 radical (unpaired) electrons. The average molecular weight is 185 g/mol. The Labute approximate surface area is 82.0 Å². The van der Waals surface area contributed by atoms with Gasteiger partial charge in [-0.1, -0.05) is 32.9 Å². The van der Waals surface area contributed by atoms with Gasteiger partial charge >= 0.3 is 0 Å². The third kappa shape index (κ3) is 5.83. The predicted octanol–water partition coefficient (Wildman–Crippen LogP) is 1.95. The zero-order valence-corrected chi connectivity index (χ0v) is 9.14. The van der Waals surface area contributed by atoms with Crippen molar-refractivity contribution in [1.82, 2.24) is 5.32 Å². The second-order valence-corrected chi connectivity index (χ2v) is 3.85. The molecule has 13 heavy (non-hydrogen) atoms. The van der Waals surface area contributed by atoms with E-state index in [2.05, 4.69) is 32.7 Å². The lowest BCUT2D eigenvalue weighted by atomic mass is 10.0. The molecule has 0 aromatic rings. The molecule has 0 aliphatic carbocycles. The lowest BCUT2D eigenvalue weighted by Gasteiger charge is -2.21. The van der Waals surface area contributed by atoms with Gasteiger partial charge in [0.05, 0.1) is 0 Å². The highest BCUT2D eigenvalue weighted by molar-refractivity contribution is 4.96. The monoisotopic (exact) mass is 185 g/mol. The zero-order valence-electron chi connectivity index (χ0n) is 9.14. The summed E-state index contributed by atoms with van der Waals surface area (Å²) in [5.74, 6) is 0.566. The molecule has 0 rings (SSSR count). The molecule has 78 valence electrons. The number of hydrogen-bond donors (Lipinski definition) is 2. The number of hydrogen-bond acceptors (Lipinski definition) is 2. The highest BCUT2D eigenvalue weighted by Crippen LogP contribution is 2.06. The molecule has 0 heterocycles. The standard InChI is InChI=1S/C11H23NO/c1-5-10(4)8-12-11(6-7-13)9(2)3/h9,11-13H,4-8H2,1-3H3. The second-order valence-electron chi connectivity index (χ2n) is 3.85. The Morgan fingerprint density at radius 3 is 2.46 bits per heavy atom. The maximum atomic E-state index is 8.85. The van der Waals surface area contributed by atoms with Crippen LogP contribution in [0.5, 0.6) is 0 Å². The predicted molar refractivity (Wildman–Crippen MR) is 57.8 cm³/mol. The molecule has 0 saturated carbocycles. The minimum absolute atomic E-state index is 0.258. The fourth-order valence-electron chi connectivity index (χ4n) is 1.21. The van der Waals surface area contributed by atoms with Crippen LogP contribution in [0.4, 0.5) is 0 Å². The Balaban J connectivity index is 3.75. The number of aliphatic hydroxyl groups excluding tert-OH is 1. The normalized spacial score (nSPS) is 13.3. The second kappa shape index (κ2) is 7.10. The first-order valence-corrected chi connectivity index (χ1v) is 5.12. The fraction of sp³-hybridized carbons (Fsp3) is 0.818. The van der Waals surface area contributed by atoms with Crippen LogP contribution in [0.25, 0.3) is 0 Å². The topological polar surface area (TPSA) is 32.3 Å². The smallest absolute Gasteiger partial charge is 0.0445 e. The summed E-state index contributed by atoms with van der Waals surface area (Å²) in [7, 11) is 0. The van der Waals surface area contributed by atoms with Crippen LogP contribution < -0.4 is 5.32 Å². The van der Waals surface area contributed by atoms with E-state index in [1.54, 1.807) is 0 Å². The number of nitrogens with one attached hydrogen (secondary N) is 1. The van der Waals surface area contributed by atoms with E-state index in [1.807, 2.05) is 0 Å². The maximum Gasteiger partial charge on any atom is 0.0445 e. The third-order valence-electron chi connectivity index (χ3n) is 2.36. The molecule has 0 aromatic carbocycles. The van der Waals surface area contributed by atoms with E-state index in [0.717, 1.165) is 19.4 Å². The summed E-state index contributed by atoms with van der Waals surface area (Å²) < 4.78 is 0. The van der Waals surface area contributed by atoms with Crippen LogP contribution in [0, 0.1) is 5.92 Å². The first-order chi connectivity index (χ1) is 6.11. The Hall–Kier alpha value is -0.340. The van der Waals surface area contributed by atoms with Crippen molar-refractivity contribution in [2.24, 2.45) is 5.92 Å². The average Bonchev–Trinajstić information content (AvgIpc) is 2.11. The first-order valence-electron chi connectivity index (χ1n) is 5.12. The Morgan fingerprint density at radius 2 is 2.08 bits per heavy atom. The van der Waals surface area contributed by atoms with Gasteiger partial charge < -0.3 is 10.4 Å². The molecule has 1 atom stereocenters. The molecule has 2 nitrogen and oxygen atoms in total. The SMILES string of the molecule is C=C(CC)CNC(CCO)C(C)C. The summed E-state index contributed by atoms with van der Waals surface area (Å²) in [5, 5.41) is 12.3. The lowest BCUT2D eigenvalue weighted by molar-refractivity contribution is 0.246.